The van der Waals surface area contributed by atoms with Crippen LogP contribution in [-0.2, 0) is 20.9 Å². The standard InChI is InChI=1S/C22H26N6O3/c1-14(2)10-18(28-21(30)16-7-3-4-8-17(16)22(28)31)20(29)25-11-15-6-5-9-24-19(15)27-13-23-12-26-27/h3-6,9,12-14,16-18H,7-8,10-11H2,1-2H3,(H,25,29)/t16-,17-,18+/m0/s1. The number of rotatable bonds is 7. The van der Waals surface area contributed by atoms with E-state index >= 15 is 0 Å². The fraction of sp³-hybridized carbons (Fsp3) is 0.455. The lowest BCUT2D eigenvalue weighted by Gasteiger charge is -2.27. The summed E-state index contributed by atoms with van der Waals surface area (Å²) in [7, 11) is 0. The van der Waals surface area contributed by atoms with Crippen molar-refractivity contribution in [3.05, 3.63) is 48.7 Å². The summed E-state index contributed by atoms with van der Waals surface area (Å²) in [5, 5.41) is 7.00. The number of aromatic nitrogens is 4. The van der Waals surface area contributed by atoms with Gasteiger partial charge in [-0.25, -0.2) is 14.6 Å². The normalized spacial score (nSPS) is 21.5. The van der Waals surface area contributed by atoms with Gasteiger partial charge in [-0.2, -0.15) is 5.10 Å². The maximum atomic E-state index is 13.2. The predicted octanol–water partition coefficient (Wildman–Crippen LogP) is 1.64. The molecule has 2 aromatic heterocycles. The van der Waals surface area contributed by atoms with Crippen LogP contribution in [0.15, 0.2) is 43.1 Å². The molecule has 4 rings (SSSR count). The second kappa shape index (κ2) is 8.79. The number of imide groups is 1. The van der Waals surface area contributed by atoms with Gasteiger partial charge in [0.25, 0.3) is 0 Å². The van der Waals surface area contributed by atoms with Crippen molar-refractivity contribution < 1.29 is 14.4 Å². The monoisotopic (exact) mass is 422 g/mol. The molecular formula is C22H26N6O3. The van der Waals surface area contributed by atoms with Crippen molar-refractivity contribution in [1.29, 1.82) is 0 Å². The van der Waals surface area contributed by atoms with Gasteiger partial charge in [0.1, 0.15) is 18.7 Å². The van der Waals surface area contributed by atoms with E-state index in [4.69, 9.17) is 0 Å². The molecule has 0 aromatic carbocycles. The van der Waals surface area contributed by atoms with Crippen molar-refractivity contribution in [2.75, 3.05) is 0 Å². The second-order valence-corrected chi connectivity index (χ2v) is 8.39. The summed E-state index contributed by atoms with van der Waals surface area (Å²) in [6.45, 7) is 4.15. The average molecular weight is 422 g/mol. The molecule has 3 atom stereocenters. The summed E-state index contributed by atoms with van der Waals surface area (Å²) in [5.41, 5.74) is 0.751. The van der Waals surface area contributed by atoms with E-state index in [-0.39, 0.29) is 42.0 Å². The Labute approximate surface area is 180 Å². The van der Waals surface area contributed by atoms with Crippen LogP contribution in [0.5, 0.6) is 0 Å². The molecule has 9 nitrogen and oxygen atoms in total. The summed E-state index contributed by atoms with van der Waals surface area (Å²) < 4.78 is 1.53. The van der Waals surface area contributed by atoms with Crippen molar-refractivity contribution in [2.24, 2.45) is 17.8 Å². The molecule has 3 amide bonds. The first kappa shape index (κ1) is 20.9. The molecule has 0 saturated carbocycles. The van der Waals surface area contributed by atoms with Crippen LogP contribution in [0.1, 0.15) is 38.7 Å². The van der Waals surface area contributed by atoms with Gasteiger partial charge in [-0.05, 0) is 31.2 Å². The van der Waals surface area contributed by atoms with Crippen LogP contribution in [0, 0.1) is 17.8 Å². The van der Waals surface area contributed by atoms with Gasteiger partial charge in [-0.1, -0.05) is 32.1 Å². The molecule has 2 aliphatic rings. The van der Waals surface area contributed by atoms with Crippen LogP contribution >= 0.6 is 0 Å². The zero-order valence-electron chi connectivity index (χ0n) is 17.6. The minimum atomic E-state index is -0.822. The SMILES string of the molecule is CC(C)C[C@H](C(=O)NCc1cccnc1-n1cncn1)N1C(=O)[C@H]2CC=CC[C@@H]2C1=O. The van der Waals surface area contributed by atoms with Crippen LogP contribution in [-0.4, -0.2) is 48.4 Å². The van der Waals surface area contributed by atoms with Crippen LogP contribution in [0.3, 0.4) is 0 Å². The number of carbonyl (C=O) groups excluding carboxylic acids is 3. The van der Waals surface area contributed by atoms with Gasteiger partial charge in [0.15, 0.2) is 5.82 Å². The highest BCUT2D eigenvalue weighted by Crippen LogP contribution is 2.37. The lowest BCUT2D eigenvalue weighted by Crippen LogP contribution is -2.50. The molecule has 3 heterocycles. The molecule has 162 valence electrons. The number of allylic oxidation sites excluding steroid dienone is 2. The van der Waals surface area contributed by atoms with E-state index in [1.807, 2.05) is 32.1 Å². The minimum absolute atomic E-state index is 0.140. The summed E-state index contributed by atoms with van der Waals surface area (Å²) in [4.78, 5) is 48.7. The van der Waals surface area contributed by atoms with Gasteiger partial charge in [0.05, 0.1) is 11.8 Å². The number of pyridine rings is 1. The first-order chi connectivity index (χ1) is 15.0. The van der Waals surface area contributed by atoms with Crippen LogP contribution in [0.4, 0.5) is 0 Å². The van der Waals surface area contributed by atoms with Gasteiger partial charge < -0.3 is 5.32 Å². The molecule has 1 N–H and O–H groups in total. The quantitative estimate of drug-likeness (QED) is 0.537. The first-order valence-electron chi connectivity index (χ1n) is 10.6. The summed E-state index contributed by atoms with van der Waals surface area (Å²) >= 11 is 0. The lowest BCUT2D eigenvalue weighted by atomic mass is 9.85. The molecule has 0 bridgehead atoms. The van der Waals surface area contributed by atoms with Crippen molar-refractivity contribution in [3.8, 4) is 5.82 Å². The van der Waals surface area contributed by atoms with E-state index in [9.17, 15) is 14.4 Å². The van der Waals surface area contributed by atoms with Crippen LogP contribution in [0.25, 0.3) is 5.82 Å². The summed E-state index contributed by atoms with van der Waals surface area (Å²) in [6.07, 6.45) is 10.0. The molecule has 1 fully saturated rings. The molecular weight excluding hydrogens is 396 g/mol. The van der Waals surface area contributed by atoms with Crippen molar-refractivity contribution in [2.45, 2.75) is 45.7 Å². The molecule has 1 aliphatic carbocycles. The molecule has 0 spiro atoms. The Morgan fingerprint density at radius 1 is 1.19 bits per heavy atom. The maximum absolute atomic E-state index is 13.2. The highest BCUT2D eigenvalue weighted by molar-refractivity contribution is 6.08. The number of nitrogens with zero attached hydrogens (tertiary/aromatic N) is 5. The zero-order valence-corrected chi connectivity index (χ0v) is 17.6. The van der Waals surface area contributed by atoms with E-state index in [0.29, 0.717) is 25.1 Å². The first-order valence-corrected chi connectivity index (χ1v) is 10.6. The van der Waals surface area contributed by atoms with Gasteiger partial charge in [-0.3, -0.25) is 19.3 Å². The molecule has 0 unspecified atom stereocenters. The number of hydrogen-bond donors (Lipinski definition) is 1. The minimum Gasteiger partial charge on any atom is -0.350 e. The number of hydrogen-bond acceptors (Lipinski definition) is 6. The van der Waals surface area contributed by atoms with E-state index in [2.05, 4.69) is 20.4 Å². The Morgan fingerprint density at radius 3 is 2.52 bits per heavy atom. The highest BCUT2D eigenvalue weighted by atomic mass is 16.2. The van der Waals surface area contributed by atoms with E-state index in [0.717, 1.165) is 5.56 Å². The van der Waals surface area contributed by atoms with Gasteiger partial charge in [0, 0.05) is 18.3 Å². The zero-order chi connectivity index (χ0) is 22.0. The molecule has 9 heteroatoms. The smallest absolute Gasteiger partial charge is 0.243 e. The van der Waals surface area contributed by atoms with Crippen LogP contribution in [0.2, 0.25) is 0 Å². The number of nitrogens with one attached hydrogen (secondary N) is 1. The Bertz CT molecular complexity index is 974. The van der Waals surface area contributed by atoms with Crippen molar-refractivity contribution in [3.63, 3.8) is 0 Å². The van der Waals surface area contributed by atoms with E-state index in [1.165, 1.54) is 22.2 Å². The molecule has 1 aliphatic heterocycles. The van der Waals surface area contributed by atoms with E-state index in [1.54, 1.807) is 12.3 Å². The lowest BCUT2D eigenvalue weighted by molar-refractivity contribution is -0.148. The fourth-order valence-corrected chi connectivity index (χ4v) is 4.30. The Hall–Kier alpha value is -3.36. The fourth-order valence-electron chi connectivity index (χ4n) is 4.30. The topological polar surface area (TPSA) is 110 Å². The van der Waals surface area contributed by atoms with Gasteiger partial charge in [-0.15, -0.1) is 0 Å². The molecule has 2 aromatic rings. The Balaban J connectivity index is 1.53. The third kappa shape index (κ3) is 4.12. The third-order valence-corrected chi connectivity index (χ3v) is 5.81. The average Bonchev–Trinajstić information content (AvgIpc) is 3.39. The largest absolute Gasteiger partial charge is 0.350 e. The Kier molecular flexibility index (Phi) is 5.92. The highest BCUT2D eigenvalue weighted by Gasteiger charge is 2.51. The Morgan fingerprint density at radius 2 is 1.90 bits per heavy atom. The molecule has 31 heavy (non-hydrogen) atoms. The molecule has 0 radical (unpaired) electrons. The number of amides is 3. The number of fused-ring (bicyclic) bond motifs is 1. The summed E-state index contributed by atoms with van der Waals surface area (Å²) in [5.74, 6) is -0.799. The van der Waals surface area contributed by atoms with Crippen LogP contribution < -0.4 is 5.32 Å². The second-order valence-electron chi connectivity index (χ2n) is 8.39. The summed E-state index contributed by atoms with van der Waals surface area (Å²) in [6, 6.07) is 2.80. The van der Waals surface area contributed by atoms with E-state index < -0.39 is 6.04 Å². The predicted molar refractivity (Wildman–Crippen MR) is 111 cm³/mol. The van der Waals surface area contributed by atoms with Crippen molar-refractivity contribution in [1.82, 2.24) is 30.0 Å². The van der Waals surface area contributed by atoms with Crippen molar-refractivity contribution >= 4 is 17.7 Å². The maximum Gasteiger partial charge on any atom is 0.243 e. The van der Waals surface area contributed by atoms with Gasteiger partial charge in [0.2, 0.25) is 17.7 Å². The van der Waals surface area contributed by atoms with Gasteiger partial charge >= 0.3 is 0 Å². The number of likely N-dealkylation sites (tertiary alicyclic amines) is 1. The number of carbonyl (C=O) groups is 3. The molecule has 1 saturated heterocycles. The third-order valence-electron chi connectivity index (χ3n) is 5.81.